The number of carbonyl (C=O) groups is 1. The van der Waals surface area contributed by atoms with E-state index in [9.17, 15) is 9.18 Å². The number of halogens is 1. The first-order chi connectivity index (χ1) is 15.0. The maximum Gasteiger partial charge on any atom is 0.321 e. The Morgan fingerprint density at radius 3 is 2.84 bits per heavy atom. The topological polar surface area (TPSA) is 67.3 Å². The number of ether oxygens (including phenoxy) is 1. The van der Waals surface area contributed by atoms with E-state index >= 15 is 0 Å². The van der Waals surface area contributed by atoms with Gasteiger partial charge in [-0.25, -0.2) is 14.2 Å². The van der Waals surface area contributed by atoms with Gasteiger partial charge in [-0.05, 0) is 66.5 Å². The quantitative estimate of drug-likeness (QED) is 0.549. The van der Waals surface area contributed by atoms with Crippen LogP contribution in [0.4, 0.5) is 14.9 Å². The zero-order valence-corrected chi connectivity index (χ0v) is 19.1. The van der Waals surface area contributed by atoms with E-state index in [0.717, 1.165) is 15.5 Å². The molecule has 1 fully saturated rings. The van der Waals surface area contributed by atoms with Crippen LogP contribution in [0.1, 0.15) is 22.6 Å². The first-order valence-electron chi connectivity index (χ1n) is 9.78. The molecule has 1 saturated heterocycles. The molecule has 4 rings (SSSR count). The van der Waals surface area contributed by atoms with E-state index in [4.69, 9.17) is 4.74 Å². The van der Waals surface area contributed by atoms with Crippen LogP contribution in [0.5, 0.6) is 5.75 Å². The molecular weight excluding hydrogens is 435 g/mol. The van der Waals surface area contributed by atoms with Crippen molar-refractivity contribution in [2.75, 3.05) is 31.8 Å². The van der Waals surface area contributed by atoms with Gasteiger partial charge in [-0.3, -0.25) is 0 Å². The second kappa shape index (κ2) is 8.84. The number of benzene rings is 2. The van der Waals surface area contributed by atoms with E-state index in [1.54, 1.807) is 42.8 Å². The third kappa shape index (κ3) is 4.12. The molecule has 1 unspecified atom stereocenters. The Labute approximate surface area is 189 Å². The van der Waals surface area contributed by atoms with E-state index in [0.29, 0.717) is 36.5 Å². The molecule has 1 aliphatic heterocycles. The number of thioether (sulfide) groups is 1. The van der Waals surface area contributed by atoms with Gasteiger partial charge in [0, 0.05) is 18.0 Å². The van der Waals surface area contributed by atoms with Gasteiger partial charge >= 0.3 is 6.03 Å². The lowest BCUT2D eigenvalue weighted by molar-refractivity contribution is 0.220. The molecule has 162 valence electrons. The van der Waals surface area contributed by atoms with Crippen molar-refractivity contribution in [3.05, 3.63) is 64.7 Å². The number of nitrogens with one attached hydrogen (secondary N) is 1. The highest BCUT2D eigenvalue weighted by molar-refractivity contribution is 7.98. The molecule has 2 aromatic carbocycles. The fourth-order valence-electron chi connectivity index (χ4n) is 3.90. The Kier molecular flexibility index (Phi) is 6.15. The van der Waals surface area contributed by atoms with E-state index in [1.165, 1.54) is 17.9 Å². The third-order valence-corrected chi connectivity index (χ3v) is 7.29. The smallest absolute Gasteiger partial charge is 0.321 e. The van der Waals surface area contributed by atoms with Crippen molar-refractivity contribution >= 4 is 35.0 Å². The number of likely N-dealkylation sites (tertiary alicyclic amines) is 1. The minimum Gasteiger partial charge on any atom is -0.495 e. The van der Waals surface area contributed by atoms with Gasteiger partial charge in [0.15, 0.2) is 0 Å². The number of hydrogen-bond donors (Lipinski definition) is 1. The molecule has 9 heteroatoms. The monoisotopic (exact) mass is 458 g/mol. The Bertz CT molecular complexity index is 1090. The summed E-state index contributed by atoms with van der Waals surface area (Å²) in [4.78, 5) is 20.3. The Hall–Kier alpha value is -2.65. The number of amides is 2. The number of anilines is 1. The summed E-state index contributed by atoms with van der Waals surface area (Å²) in [6.07, 6.45) is 4.12. The molecule has 0 bridgehead atoms. The van der Waals surface area contributed by atoms with Gasteiger partial charge in [-0.1, -0.05) is 12.1 Å². The van der Waals surface area contributed by atoms with Crippen molar-refractivity contribution in [1.82, 2.24) is 14.3 Å². The van der Waals surface area contributed by atoms with Crippen LogP contribution in [0.2, 0.25) is 0 Å². The van der Waals surface area contributed by atoms with Gasteiger partial charge in [0.1, 0.15) is 22.9 Å². The Balaban J connectivity index is 1.62. The molecule has 1 N–H and O–H groups in total. The fourth-order valence-corrected chi connectivity index (χ4v) is 5.08. The summed E-state index contributed by atoms with van der Waals surface area (Å²) in [6.45, 7) is 2.65. The fraction of sp³-hybridized carbons (Fsp3) is 0.318. The minimum atomic E-state index is -0.585. The minimum absolute atomic E-state index is 0.226. The highest BCUT2D eigenvalue weighted by atomic mass is 32.2. The molecule has 1 atom stereocenters. The number of urea groups is 1. The summed E-state index contributed by atoms with van der Waals surface area (Å²) >= 11 is 2.88. The second-order valence-corrected chi connectivity index (χ2v) is 9.12. The molecule has 3 aromatic rings. The predicted octanol–water partition coefficient (Wildman–Crippen LogP) is 4.94. The number of aryl methyl sites for hydroxylation is 1. The van der Waals surface area contributed by atoms with Crippen LogP contribution in [0.15, 0.2) is 47.6 Å². The number of hydrogen-bond acceptors (Lipinski definition) is 6. The van der Waals surface area contributed by atoms with Gasteiger partial charge in [0.25, 0.3) is 0 Å². The average Bonchev–Trinajstić information content (AvgIpc) is 3.46. The van der Waals surface area contributed by atoms with E-state index in [1.807, 2.05) is 30.5 Å². The Morgan fingerprint density at radius 2 is 2.16 bits per heavy atom. The largest absolute Gasteiger partial charge is 0.495 e. The van der Waals surface area contributed by atoms with Crippen LogP contribution >= 0.6 is 23.3 Å². The highest BCUT2D eigenvalue weighted by Crippen LogP contribution is 2.42. The molecule has 0 spiro atoms. The van der Waals surface area contributed by atoms with E-state index < -0.39 is 5.41 Å². The number of carbonyl (C=O) groups excluding carboxylic acids is 1. The average molecular weight is 459 g/mol. The van der Waals surface area contributed by atoms with Crippen molar-refractivity contribution < 1.29 is 13.9 Å². The van der Waals surface area contributed by atoms with Crippen LogP contribution in [-0.2, 0) is 5.41 Å². The van der Waals surface area contributed by atoms with Gasteiger partial charge in [-0.2, -0.15) is 4.37 Å². The molecule has 6 nitrogen and oxygen atoms in total. The maximum atomic E-state index is 14.4. The van der Waals surface area contributed by atoms with E-state index in [-0.39, 0.29) is 11.8 Å². The number of nitrogens with zero attached hydrogens (tertiary/aromatic N) is 3. The van der Waals surface area contributed by atoms with Crippen LogP contribution < -0.4 is 10.1 Å². The molecule has 1 aliphatic rings. The zero-order chi connectivity index (χ0) is 22.0. The molecule has 2 amide bonds. The van der Waals surface area contributed by atoms with Crippen molar-refractivity contribution in [2.45, 2.75) is 23.7 Å². The van der Waals surface area contributed by atoms with Gasteiger partial charge < -0.3 is 15.0 Å². The SMILES string of the molecule is COc1ccc(SC)cc1NC(=O)N1CCC(c2ccc(C)c(F)c2)(c2ncns2)C1. The molecule has 0 radical (unpaired) electrons. The summed E-state index contributed by atoms with van der Waals surface area (Å²) in [6, 6.07) is 10.7. The van der Waals surface area contributed by atoms with Crippen LogP contribution in [0, 0.1) is 12.7 Å². The normalized spacial score (nSPS) is 18.3. The lowest BCUT2D eigenvalue weighted by atomic mass is 9.80. The predicted molar refractivity (Wildman–Crippen MR) is 122 cm³/mol. The summed E-state index contributed by atoms with van der Waals surface area (Å²) in [5.41, 5.74) is 1.43. The first kappa shape index (κ1) is 21.6. The summed E-state index contributed by atoms with van der Waals surface area (Å²) in [5, 5.41) is 3.76. The highest BCUT2D eigenvalue weighted by Gasteiger charge is 2.45. The molecule has 0 saturated carbocycles. The van der Waals surface area contributed by atoms with E-state index in [2.05, 4.69) is 14.7 Å². The lowest BCUT2D eigenvalue weighted by Gasteiger charge is -2.28. The van der Waals surface area contributed by atoms with Crippen molar-refractivity contribution in [3.63, 3.8) is 0 Å². The summed E-state index contributed by atoms with van der Waals surface area (Å²) < 4.78 is 24.0. The summed E-state index contributed by atoms with van der Waals surface area (Å²) in [7, 11) is 1.58. The first-order valence-corrected chi connectivity index (χ1v) is 11.8. The van der Waals surface area contributed by atoms with Crippen molar-refractivity contribution in [2.24, 2.45) is 0 Å². The summed E-state index contributed by atoms with van der Waals surface area (Å²) in [5.74, 6) is 0.337. The molecule has 0 aliphatic carbocycles. The number of rotatable bonds is 5. The third-order valence-electron chi connectivity index (χ3n) is 5.70. The maximum absolute atomic E-state index is 14.4. The number of methoxy groups -OCH3 is 1. The molecular formula is C22H23FN4O2S2. The van der Waals surface area contributed by atoms with Gasteiger partial charge in [0.2, 0.25) is 0 Å². The van der Waals surface area contributed by atoms with Crippen LogP contribution in [0.3, 0.4) is 0 Å². The lowest BCUT2D eigenvalue weighted by Crippen LogP contribution is -2.37. The molecule has 31 heavy (non-hydrogen) atoms. The van der Waals surface area contributed by atoms with Crippen molar-refractivity contribution in [3.8, 4) is 5.75 Å². The number of aromatic nitrogens is 2. The van der Waals surface area contributed by atoms with Crippen molar-refractivity contribution in [1.29, 1.82) is 0 Å². The molecule has 1 aromatic heterocycles. The van der Waals surface area contributed by atoms with Crippen LogP contribution in [0.25, 0.3) is 0 Å². The molecule has 2 heterocycles. The van der Waals surface area contributed by atoms with Gasteiger partial charge in [-0.15, -0.1) is 11.8 Å². The standard InChI is InChI=1S/C22H23FN4O2S2/c1-14-4-5-15(10-17(14)23)22(20-24-13-25-31-20)8-9-27(12-22)21(28)26-18-11-16(30-3)6-7-19(18)29-2/h4-7,10-11,13H,8-9,12H2,1-3H3,(H,26,28). The van der Waals surface area contributed by atoms with Crippen LogP contribution in [-0.4, -0.2) is 46.7 Å². The zero-order valence-electron chi connectivity index (χ0n) is 17.5. The second-order valence-electron chi connectivity index (χ2n) is 7.46. The Morgan fingerprint density at radius 1 is 1.32 bits per heavy atom. The van der Waals surface area contributed by atoms with Gasteiger partial charge in [0.05, 0.1) is 18.2 Å².